The first-order valence-corrected chi connectivity index (χ1v) is 7.94. The molecule has 0 fully saturated rings. The fraction of sp³-hybridized carbons (Fsp3) is 0.176. The Labute approximate surface area is 152 Å². The van der Waals surface area contributed by atoms with E-state index in [1.807, 2.05) is 0 Å². The molecule has 2 aromatic rings. The molecule has 138 valence electrons. The zero-order valence-corrected chi connectivity index (χ0v) is 14.5. The van der Waals surface area contributed by atoms with Crippen LogP contribution in [0.5, 0.6) is 0 Å². The van der Waals surface area contributed by atoms with Crippen molar-refractivity contribution in [3.8, 4) is 0 Å². The highest BCUT2D eigenvalue weighted by molar-refractivity contribution is 6.33. The topological polar surface area (TPSA) is 62.6 Å². The lowest BCUT2D eigenvalue weighted by Gasteiger charge is -2.14. The third-order valence-electron chi connectivity index (χ3n) is 3.38. The Bertz CT molecular complexity index is 833. The number of hydrogen-bond donors (Lipinski definition) is 3. The van der Waals surface area contributed by atoms with Gasteiger partial charge in [0.25, 0.3) is 11.8 Å². The quantitative estimate of drug-likeness (QED) is 0.663. The molecule has 0 aromatic heterocycles. The summed E-state index contributed by atoms with van der Waals surface area (Å²) in [5, 5.41) is 5.14. The van der Waals surface area contributed by atoms with Gasteiger partial charge in [-0.3, -0.25) is 9.59 Å². The van der Waals surface area contributed by atoms with E-state index in [0.717, 1.165) is 6.07 Å². The smallest absolute Gasteiger partial charge is 0.279 e. The molecule has 3 N–H and O–H groups in total. The van der Waals surface area contributed by atoms with E-state index in [1.165, 1.54) is 0 Å². The molecule has 0 aliphatic heterocycles. The van der Waals surface area contributed by atoms with Gasteiger partial charge in [-0.05, 0) is 24.3 Å². The maximum absolute atomic E-state index is 13.5. The molecule has 0 heterocycles. The third-order valence-corrected chi connectivity index (χ3v) is 3.71. The van der Waals surface area contributed by atoms with Gasteiger partial charge in [-0.1, -0.05) is 23.7 Å². The van der Waals surface area contributed by atoms with Gasteiger partial charge in [0.05, 0.1) is 23.4 Å². The summed E-state index contributed by atoms with van der Waals surface area (Å²) >= 11 is 5.94. The Balaban J connectivity index is 1.88. The van der Waals surface area contributed by atoms with Crippen molar-refractivity contribution < 1.29 is 27.7 Å². The summed E-state index contributed by atoms with van der Waals surface area (Å²) in [4.78, 5) is 24.4. The molecular weight excluding hydrogens is 371 g/mol. The van der Waals surface area contributed by atoms with Gasteiger partial charge in [-0.25, -0.2) is 13.2 Å². The highest BCUT2D eigenvalue weighted by Gasteiger charge is 2.18. The largest absolute Gasteiger partial charge is 0.322 e. The van der Waals surface area contributed by atoms with Crippen LogP contribution in [0.1, 0.15) is 0 Å². The number of benzene rings is 2. The Morgan fingerprint density at radius 1 is 0.923 bits per heavy atom. The maximum atomic E-state index is 13.5. The predicted octanol–water partition coefficient (Wildman–Crippen LogP) is 1.85. The Morgan fingerprint density at radius 2 is 1.50 bits per heavy atom. The SMILES string of the molecule is C[NH+](CC(=O)Nc1ccccc1Cl)CC(=O)Nc1ccc(F)c(F)c1F. The van der Waals surface area contributed by atoms with Crippen LogP contribution < -0.4 is 15.5 Å². The summed E-state index contributed by atoms with van der Waals surface area (Å²) in [7, 11) is 1.58. The van der Waals surface area contributed by atoms with Crippen molar-refractivity contribution >= 4 is 34.8 Å². The summed E-state index contributed by atoms with van der Waals surface area (Å²) in [6.45, 7) is -0.243. The number of anilines is 2. The molecule has 0 radical (unpaired) electrons. The van der Waals surface area contributed by atoms with Crippen molar-refractivity contribution in [2.45, 2.75) is 0 Å². The van der Waals surface area contributed by atoms with Gasteiger partial charge >= 0.3 is 0 Å². The number of quaternary nitrogens is 1. The normalized spacial score (nSPS) is 11.7. The van der Waals surface area contributed by atoms with Crippen LogP contribution in [0.2, 0.25) is 5.02 Å². The first-order chi connectivity index (χ1) is 12.3. The number of carbonyl (C=O) groups is 2. The van der Waals surface area contributed by atoms with Gasteiger partial charge in [-0.15, -0.1) is 0 Å². The molecule has 1 unspecified atom stereocenters. The van der Waals surface area contributed by atoms with Crippen molar-refractivity contribution in [1.29, 1.82) is 0 Å². The lowest BCUT2D eigenvalue weighted by atomic mass is 10.2. The van der Waals surface area contributed by atoms with Gasteiger partial charge in [0.1, 0.15) is 0 Å². The number of hydrogen-bond acceptors (Lipinski definition) is 2. The molecule has 26 heavy (non-hydrogen) atoms. The van der Waals surface area contributed by atoms with Crippen LogP contribution in [-0.4, -0.2) is 32.0 Å². The number of para-hydroxylation sites is 1. The number of rotatable bonds is 6. The zero-order chi connectivity index (χ0) is 19.3. The minimum absolute atomic E-state index is 0.0566. The highest BCUT2D eigenvalue weighted by Crippen LogP contribution is 2.20. The summed E-state index contributed by atoms with van der Waals surface area (Å²) in [6, 6.07) is 8.32. The van der Waals surface area contributed by atoms with Crippen LogP contribution >= 0.6 is 11.6 Å². The van der Waals surface area contributed by atoms with Crippen LogP contribution in [0.3, 0.4) is 0 Å². The summed E-state index contributed by atoms with van der Waals surface area (Å²) in [5.41, 5.74) is -0.0255. The van der Waals surface area contributed by atoms with E-state index in [-0.39, 0.29) is 19.0 Å². The highest BCUT2D eigenvalue weighted by atomic mass is 35.5. The number of halogens is 4. The summed E-state index contributed by atoms with van der Waals surface area (Å²) in [5.74, 6) is -5.52. The second-order valence-electron chi connectivity index (χ2n) is 5.61. The van der Waals surface area contributed by atoms with E-state index in [4.69, 9.17) is 11.6 Å². The molecule has 9 heteroatoms. The fourth-order valence-corrected chi connectivity index (χ4v) is 2.37. The van der Waals surface area contributed by atoms with Crippen LogP contribution in [0.25, 0.3) is 0 Å². The van der Waals surface area contributed by atoms with Crippen molar-refractivity contribution in [3.05, 3.63) is 58.9 Å². The van der Waals surface area contributed by atoms with E-state index >= 15 is 0 Å². The Kier molecular flexibility index (Phi) is 6.59. The monoisotopic (exact) mass is 386 g/mol. The standard InChI is InChI=1S/C17H15ClF3N3O2/c1-24(8-14(25)22-12-5-3-2-4-10(12)18)9-15(26)23-13-7-6-11(19)16(20)17(13)21/h2-7H,8-9H2,1H3,(H,22,25)(H,23,26)/p+1. The maximum Gasteiger partial charge on any atom is 0.279 e. The van der Waals surface area contributed by atoms with Crippen molar-refractivity contribution in [2.24, 2.45) is 0 Å². The molecular formula is C17H16ClF3N3O2+. The molecule has 0 saturated carbocycles. The van der Waals surface area contributed by atoms with E-state index < -0.39 is 29.0 Å². The van der Waals surface area contributed by atoms with Crippen LogP contribution in [0, 0.1) is 17.5 Å². The van der Waals surface area contributed by atoms with Crippen molar-refractivity contribution in [3.63, 3.8) is 0 Å². The Hall–Kier alpha value is -2.58. The van der Waals surface area contributed by atoms with Crippen molar-refractivity contribution in [1.82, 2.24) is 0 Å². The Morgan fingerprint density at radius 3 is 2.12 bits per heavy atom. The van der Waals surface area contributed by atoms with Gasteiger partial charge in [0.2, 0.25) is 0 Å². The average molecular weight is 387 g/mol. The van der Waals surface area contributed by atoms with E-state index in [0.29, 0.717) is 21.7 Å². The molecule has 0 aliphatic carbocycles. The fourth-order valence-electron chi connectivity index (χ4n) is 2.18. The van der Waals surface area contributed by atoms with Crippen molar-refractivity contribution in [2.75, 3.05) is 30.8 Å². The summed E-state index contributed by atoms with van der Waals surface area (Å²) in [6.07, 6.45) is 0. The second-order valence-corrected chi connectivity index (χ2v) is 6.02. The molecule has 1 atom stereocenters. The molecule has 0 aliphatic rings. The van der Waals surface area contributed by atoms with Crippen LogP contribution in [0.15, 0.2) is 36.4 Å². The lowest BCUT2D eigenvalue weighted by molar-refractivity contribution is -0.862. The van der Waals surface area contributed by atoms with Gasteiger partial charge in [0.15, 0.2) is 30.5 Å². The molecule has 0 bridgehead atoms. The molecule has 5 nitrogen and oxygen atoms in total. The van der Waals surface area contributed by atoms with Gasteiger partial charge in [-0.2, -0.15) is 0 Å². The molecule has 2 amide bonds. The van der Waals surface area contributed by atoms with E-state index in [2.05, 4.69) is 10.6 Å². The molecule has 2 rings (SSSR count). The number of nitrogens with one attached hydrogen (secondary N) is 3. The summed E-state index contributed by atoms with van der Waals surface area (Å²) < 4.78 is 39.6. The first-order valence-electron chi connectivity index (χ1n) is 7.57. The van der Waals surface area contributed by atoms with E-state index in [1.54, 1.807) is 31.3 Å². The van der Waals surface area contributed by atoms with Gasteiger partial charge < -0.3 is 15.5 Å². The number of likely N-dealkylation sites (N-methyl/N-ethyl adjacent to an activating group) is 1. The minimum Gasteiger partial charge on any atom is -0.322 e. The minimum atomic E-state index is -1.66. The number of amides is 2. The first kappa shape index (κ1) is 19.7. The van der Waals surface area contributed by atoms with Gasteiger partial charge in [0, 0.05) is 0 Å². The predicted molar refractivity (Wildman–Crippen MR) is 91.6 cm³/mol. The molecule has 0 saturated heterocycles. The van der Waals surface area contributed by atoms with Crippen LogP contribution in [-0.2, 0) is 9.59 Å². The average Bonchev–Trinajstić information content (AvgIpc) is 2.57. The lowest BCUT2D eigenvalue weighted by Crippen LogP contribution is -3.11. The van der Waals surface area contributed by atoms with Crippen LogP contribution in [0.4, 0.5) is 24.5 Å². The van der Waals surface area contributed by atoms with E-state index in [9.17, 15) is 22.8 Å². The zero-order valence-electron chi connectivity index (χ0n) is 13.7. The third kappa shape index (κ3) is 5.21. The number of carbonyl (C=O) groups excluding carboxylic acids is 2. The molecule has 2 aromatic carbocycles. The second kappa shape index (κ2) is 8.68. The molecule has 0 spiro atoms.